The van der Waals surface area contributed by atoms with E-state index in [0.717, 1.165) is 11.3 Å². The Morgan fingerprint density at radius 1 is 1.00 bits per heavy atom. The van der Waals surface area contributed by atoms with Crippen LogP contribution in [0.2, 0.25) is 0 Å². The molecule has 0 aliphatic rings. The van der Waals surface area contributed by atoms with Gasteiger partial charge in [-0.05, 0) is 25.5 Å². The minimum atomic E-state index is 0.577. The van der Waals surface area contributed by atoms with Gasteiger partial charge in [0.2, 0.25) is 0 Å². The van der Waals surface area contributed by atoms with Crippen molar-refractivity contribution in [2.75, 3.05) is 33.5 Å². The molecule has 0 aliphatic heterocycles. The normalized spacial score (nSPS) is 10.4. The molecule has 16 heavy (non-hydrogen) atoms. The molecule has 1 aromatic carbocycles. The number of ether oxygens (including phenoxy) is 3. The molecule has 0 aliphatic carbocycles. The second kappa shape index (κ2) is 7.25. The molecule has 0 saturated carbocycles. The summed E-state index contributed by atoms with van der Waals surface area (Å²) in [5.41, 5.74) is 2.41. The minimum absolute atomic E-state index is 0.577. The van der Waals surface area contributed by atoms with Crippen molar-refractivity contribution in [1.29, 1.82) is 0 Å². The van der Waals surface area contributed by atoms with Gasteiger partial charge in [-0.15, -0.1) is 0 Å². The Bertz CT molecular complexity index is 310. The van der Waals surface area contributed by atoms with Crippen LogP contribution < -0.4 is 4.74 Å². The Balaban J connectivity index is 2.21. The Labute approximate surface area is 97.3 Å². The van der Waals surface area contributed by atoms with Gasteiger partial charge < -0.3 is 14.2 Å². The van der Waals surface area contributed by atoms with E-state index in [9.17, 15) is 0 Å². The molecule has 0 amide bonds. The van der Waals surface area contributed by atoms with E-state index in [4.69, 9.17) is 14.2 Å². The fourth-order valence-corrected chi connectivity index (χ4v) is 1.42. The van der Waals surface area contributed by atoms with Crippen molar-refractivity contribution in [1.82, 2.24) is 0 Å². The lowest BCUT2D eigenvalue weighted by molar-refractivity contribution is 0.0543. The summed E-state index contributed by atoms with van der Waals surface area (Å²) in [4.78, 5) is 0. The zero-order valence-electron chi connectivity index (χ0n) is 10.3. The predicted molar refractivity (Wildman–Crippen MR) is 64.1 cm³/mol. The first-order valence-corrected chi connectivity index (χ1v) is 5.51. The molecule has 0 radical (unpaired) electrons. The quantitative estimate of drug-likeness (QED) is 0.665. The summed E-state index contributed by atoms with van der Waals surface area (Å²) in [6, 6.07) is 6.16. The third-order valence-corrected chi connectivity index (χ3v) is 2.25. The van der Waals surface area contributed by atoms with Crippen molar-refractivity contribution in [2.24, 2.45) is 0 Å². The molecule has 0 saturated heterocycles. The van der Waals surface area contributed by atoms with Crippen molar-refractivity contribution in [3.05, 3.63) is 29.3 Å². The molecule has 1 rings (SSSR count). The van der Waals surface area contributed by atoms with Crippen molar-refractivity contribution in [2.45, 2.75) is 13.8 Å². The van der Waals surface area contributed by atoms with Gasteiger partial charge in [-0.25, -0.2) is 0 Å². The molecule has 0 aromatic heterocycles. The van der Waals surface area contributed by atoms with Crippen LogP contribution >= 0.6 is 0 Å². The van der Waals surface area contributed by atoms with Crippen LogP contribution in [0.5, 0.6) is 5.75 Å². The van der Waals surface area contributed by atoms with Crippen LogP contribution in [-0.2, 0) is 9.47 Å². The molecule has 0 fully saturated rings. The number of benzene rings is 1. The SMILES string of the molecule is COCCOCCOc1ccc(C)cc1C. The Morgan fingerprint density at radius 3 is 2.44 bits per heavy atom. The average molecular weight is 224 g/mol. The first kappa shape index (κ1) is 13.0. The highest BCUT2D eigenvalue weighted by Gasteiger charge is 1.98. The Kier molecular flexibility index (Phi) is 5.90. The molecule has 3 nitrogen and oxygen atoms in total. The molecule has 3 heteroatoms. The smallest absolute Gasteiger partial charge is 0.122 e. The average Bonchev–Trinajstić information content (AvgIpc) is 2.26. The first-order valence-electron chi connectivity index (χ1n) is 5.51. The number of hydrogen-bond acceptors (Lipinski definition) is 3. The summed E-state index contributed by atoms with van der Waals surface area (Å²) in [5.74, 6) is 0.931. The second-order valence-corrected chi connectivity index (χ2v) is 3.72. The van der Waals surface area contributed by atoms with Gasteiger partial charge in [0.15, 0.2) is 0 Å². The number of rotatable bonds is 7. The topological polar surface area (TPSA) is 27.7 Å². The van der Waals surface area contributed by atoms with Crippen molar-refractivity contribution < 1.29 is 14.2 Å². The van der Waals surface area contributed by atoms with E-state index in [0.29, 0.717) is 26.4 Å². The summed E-state index contributed by atoms with van der Waals surface area (Å²) >= 11 is 0. The van der Waals surface area contributed by atoms with Crippen LogP contribution in [0.3, 0.4) is 0 Å². The van der Waals surface area contributed by atoms with Gasteiger partial charge in [0.1, 0.15) is 12.4 Å². The van der Waals surface area contributed by atoms with Gasteiger partial charge in [0, 0.05) is 7.11 Å². The van der Waals surface area contributed by atoms with Gasteiger partial charge in [-0.3, -0.25) is 0 Å². The molecule has 0 heterocycles. The summed E-state index contributed by atoms with van der Waals surface area (Å²) in [5, 5.41) is 0. The molecule has 0 spiro atoms. The molecule has 0 unspecified atom stereocenters. The predicted octanol–water partition coefficient (Wildman–Crippen LogP) is 2.35. The van der Waals surface area contributed by atoms with Crippen LogP contribution in [-0.4, -0.2) is 33.5 Å². The lowest BCUT2D eigenvalue weighted by atomic mass is 10.1. The highest BCUT2D eigenvalue weighted by atomic mass is 16.5. The van der Waals surface area contributed by atoms with Crippen molar-refractivity contribution in [3.8, 4) is 5.75 Å². The van der Waals surface area contributed by atoms with Gasteiger partial charge >= 0.3 is 0 Å². The first-order chi connectivity index (χ1) is 7.74. The van der Waals surface area contributed by atoms with Gasteiger partial charge in [-0.2, -0.15) is 0 Å². The molecular formula is C13H20O3. The standard InChI is InChI=1S/C13H20O3/c1-11-4-5-13(12(2)10-11)16-9-8-15-7-6-14-3/h4-5,10H,6-9H2,1-3H3. The van der Waals surface area contributed by atoms with E-state index in [1.807, 2.05) is 19.1 Å². The number of methoxy groups -OCH3 is 1. The maximum atomic E-state index is 5.61. The highest BCUT2D eigenvalue weighted by Crippen LogP contribution is 2.18. The fourth-order valence-electron chi connectivity index (χ4n) is 1.42. The number of aryl methyl sites for hydroxylation is 2. The Morgan fingerprint density at radius 2 is 1.75 bits per heavy atom. The third-order valence-electron chi connectivity index (χ3n) is 2.25. The maximum Gasteiger partial charge on any atom is 0.122 e. The van der Waals surface area contributed by atoms with Crippen LogP contribution in [0, 0.1) is 13.8 Å². The van der Waals surface area contributed by atoms with Crippen molar-refractivity contribution >= 4 is 0 Å². The van der Waals surface area contributed by atoms with E-state index in [2.05, 4.69) is 13.0 Å². The van der Waals surface area contributed by atoms with Crippen LogP contribution in [0.4, 0.5) is 0 Å². The summed E-state index contributed by atoms with van der Waals surface area (Å²) in [6.07, 6.45) is 0. The zero-order chi connectivity index (χ0) is 11.8. The van der Waals surface area contributed by atoms with Gasteiger partial charge in [0.05, 0.1) is 19.8 Å². The van der Waals surface area contributed by atoms with Crippen LogP contribution in [0.15, 0.2) is 18.2 Å². The van der Waals surface area contributed by atoms with Crippen LogP contribution in [0.1, 0.15) is 11.1 Å². The summed E-state index contributed by atoms with van der Waals surface area (Å²) in [7, 11) is 1.66. The lowest BCUT2D eigenvalue weighted by Crippen LogP contribution is -2.10. The monoisotopic (exact) mass is 224 g/mol. The molecule has 0 atom stereocenters. The molecular weight excluding hydrogens is 204 g/mol. The van der Waals surface area contributed by atoms with Crippen molar-refractivity contribution in [3.63, 3.8) is 0 Å². The third kappa shape index (κ3) is 4.64. The second-order valence-electron chi connectivity index (χ2n) is 3.72. The molecule has 1 aromatic rings. The Hall–Kier alpha value is -1.06. The molecule has 90 valence electrons. The van der Waals surface area contributed by atoms with Crippen LogP contribution in [0.25, 0.3) is 0 Å². The minimum Gasteiger partial charge on any atom is -0.491 e. The lowest BCUT2D eigenvalue weighted by Gasteiger charge is -2.09. The van der Waals surface area contributed by atoms with Gasteiger partial charge in [0.25, 0.3) is 0 Å². The van der Waals surface area contributed by atoms with E-state index in [1.54, 1.807) is 7.11 Å². The van der Waals surface area contributed by atoms with Gasteiger partial charge in [-0.1, -0.05) is 17.7 Å². The zero-order valence-corrected chi connectivity index (χ0v) is 10.3. The van der Waals surface area contributed by atoms with E-state index in [1.165, 1.54) is 5.56 Å². The highest BCUT2D eigenvalue weighted by molar-refractivity contribution is 5.35. The fraction of sp³-hybridized carbons (Fsp3) is 0.538. The van der Waals surface area contributed by atoms with E-state index >= 15 is 0 Å². The maximum absolute atomic E-state index is 5.61. The van der Waals surface area contributed by atoms with E-state index < -0.39 is 0 Å². The summed E-state index contributed by atoms with van der Waals surface area (Å²) in [6.45, 7) is 6.54. The largest absolute Gasteiger partial charge is 0.491 e. The van der Waals surface area contributed by atoms with E-state index in [-0.39, 0.29) is 0 Å². The number of hydrogen-bond donors (Lipinski definition) is 0. The molecule has 0 N–H and O–H groups in total. The molecule has 0 bridgehead atoms. The summed E-state index contributed by atoms with van der Waals surface area (Å²) < 4.78 is 15.8.